The van der Waals surface area contributed by atoms with Gasteiger partial charge in [-0.1, -0.05) is 60.2 Å². The maximum atomic E-state index is 12.3. The number of aryl methyl sites for hydroxylation is 1. The van der Waals surface area contributed by atoms with Gasteiger partial charge in [-0.25, -0.2) is 0 Å². The Kier molecular flexibility index (Phi) is 7.17. The third kappa shape index (κ3) is 5.65. The molecule has 0 radical (unpaired) electrons. The van der Waals surface area contributed by atoms with Crippen molar-refractivity contribution >= 4 is 11.8 Å². The normalized spacial score (nSPS) is 15.6. The Bertz CT molecular complexity index is 771. The summed E-state index contributed by atoms with van der Waals surface area (Å²) in [5.41, 5.74) is 3.26. The van der Waals surface area contributed by atoms with Crippen LogP contribution in [0.2, 0.25) is 0 Å². The van der Waals surface area contributed by atoms with Crippen LogP contribution in [0.15, 0.2) is 54.6 Å². The van der Waals surface area contributed by atoms with Crippen molar-refractivity contribution in [1.82, 2.24) is 15.5 Å². The molecule has 148 valence electrons. The van der Waals surface area contributed by atoms with Crippen molar-refractivity contribution in [1.29, 1.82) is 0 Å². The second-order valence-electron chi connectivity index (χ2n) is 6.95. The van der Waals surface area contributed by atoms with Gasteiger partial charge >= 0.3 is 11.8 Å². The first-order valence-corrected chi connectivity index (χ1v) is 9.62. The van der Waals surface area contributed by atoms with E-state index in [1.54, 1.807) is 0 Å². The van der Waals surface area contributed by atoms with Crippen LogP contribution in [-0.4, -0.2) is 49.6 Å². The average molecular weight is 381 g/mol. The number of hydrogen-bond donors (Lipinski definition) is 2. The molecule has 2 amide bonds. The topological polar surface area (TPSA) is 70.7 Å². The van der Waals surface area contributed by atoms with Crippen LogP contribution < -0.4 is 10.6 Å². The zero-order chi connectivity index (χ0) is 19.8. The molecule has 0 spiro atoms. The van der Waals surface area contributed by atoms with E-state index >= 15 is 0 Å². The predicted molar refractivity (Wildman–Crippen MR) is 108 cm³/mol. The summed E-state index contributed by atoms with van der Waals surface area (Å²) in [5.74, 6) is -1.23. The summed E-state index contributed by atoms with van der Waals surface area (Å²) in [5, 5.41) is 5.46. The minimum absolute atomic E-state index is 0.00960. The van der Waals surface area contributed by atoms with Gasteiger partial charge in [-0.15, -0.1) is 0 Å². The predicted octanol–water partition coefficient (Wildman–Crippen LogP) is 1.80. The Morgan fingerprint density at radius 3 is 2.29 bits per heavy atom. The van der Waals surface area contributed by atoms with E-state index in [1.807, 2.05) is 37.3 Å². The van der Waals surface area contributed by atoms with Crippen LogP contribution in [0.3, 0.4) is 0 Å². The molecule has 6 nitrogen and oxygen atoms in total. The Morgan fingerprint density at radius 1 is 0.964 bits per heavy atom. The summed E-state index contributed by atoms with van der Waals surface area (Å²) in [6.45, 7) is 5.70. The SMILES string of the molecule is Cc1ccc([C@@H](CNC(=O)C(=O)NCc2ccccc2)N2CCOCC2)cc1. The Balaban J connectivity index is 1.58. The minimum atomic E-state index is -0.617. The molecule has 0 aromatic heterocycles. The first-order chi connectivity index (χ1) is 13.6. The molecule has 1 fully saturated rings. The fourth-order valence-corrected chi connectivity index (χ4v) is 3.26. The number of hydrogen-bond acceptors (Lipinski definition) is 4. The van der Waals surface area contributed by atoms with Crippen LogP contribution in [0.5, 0.6) is 0 Å². The number of carbonyl (C=O) groups excluding carboxylic acids is 2. The zero-order valence-corrected chi connectivity index (χ0v) is 16.2. The lowest BCUT2D eigenvalue weighted by Gasteiger charge is -2.35. The van der Waals surface area contributed by atoms with Crippen LogP contribution >= 0.6 is 0 Å². The van der Waals surface area contributed by atoms with Crippen molar-refractivity contribution in [2.45, 2.75) is 19.5 Å². The first kappa shape index (κ1) is 20.0. The first-order valence-electron chi connectivity index (χ1n) is 9.62. The summed E-state index contributed by atoms with van der Waals surface area (Å²) in [6.07, 6.45) is 0. The van der Waals surface area contributed by atoms with E-state index in [1.165, 1.54) is 5.56 Å². The van der Waals surface area contributed by atoms with Gasteiger partial charge in [0.25, 0.3) is 0 Å². The van der Waals surface area contributed by atoms with Crippen LogP contribution in [0, 0.1) is 6.92 Å². The maximum Gasteiger partial charge on any atom is 0.309 e. The molecule has 1 saturated heterocycles. The molecule has 0 saturated carbocycles. The molecular weight excluding hydrogens is 354 g/mol. The zero-order valence-electron chi connectivity index (χ0n) is 16.2. The molecular formula is C22H27N3O3. The lowest BCUT2D eigenvalue weighted by Crippen LogP contribution is -2.46. The Labute approximate surface area is 165 Å². The molecule has 1 aliphatic rings. The molecule has 2 aromatic rings. The highest BCUT2D eigenvalue weighted by Gasteiger charge is 2.24. The van der Waals surface area contributed by atoms with Crippen LogP contribution in [0.25, 0.3) is 0 Å². The van der Waals surface area contributed by atoms with Gasteiger partial charge < -0.3 is 15.4 Å². The highest BCUT2D eigenvalue weighted by Crippen LogP contribution is 2.21. The van der Waals surface area contributed by atoms with Crippen LogP contribution in [0.1, 0.15) is 22.7 Å². The third-order valence-corrected chi connectivity index (χ3v) is 4.91. The van der Waals surface area contributed by atoms with E-state index in [0.29, 0.717) is 26.3 Å². The number of ether oxygens (including phenoxy) is 1. The van der Waals surface area contributed by atoms with Crippen molar-refractivity contribution in [3.05, 3.63) is 71.3 Å². The molecule has 28 heavy (non-hydrogen) atoms. The number of benzene rings is 2. The standard InChI is InChI=1S/C22H27N3O3/c1-17-7-9-19(10-8-17)20(25-11-13-28-14-12-25)16-24-22(27)21(26)23-15-18-5-3-2-4-6-18/h2-10,20H,11-16H2,1H3,(H,23,26)(H,24,27)/t20-/m1/s1. The molecule has 0 aliphatic carbocycles. The monoisotopic (exact) mass is 381 g/mol. The van der Waals surface area contributed by atoms with Crippen LogP contribution in [0.4, 0.5) is 0 Å². The Morgan fingerprint density at radius 2 is 1.61 bits per heavy atom. The van der Waals surface area contributed by atoms with Gasteiger partial charge in [0.05, 0.1) is 19.3 Å². The van der Waals surface area contributed by atoms with E-state index < -0.39 is 11.8 Å². The van der Waals surface area contributed by atoms with Gasteiger partial charge in [0.2, 0.25) is 0 Å². The molecule has 2 aromatic carbocycles. The van der Waals surface area contributed by atoms with Crippen LogP contribution in [-0.2, 0) is 20.9 Å². The molecule has 1 aliphatic heterocycles. The van der Waals surface area contributed by atoms with E-state index in [2.05, 4.69) is 39.8 Å². The fraction of sp³-hybridized carbons (Fsp3) is 0.364. The third-order valence-electron chi connectivity index (χ3n) is 4.91. The Hall–Kier alpha value is -2.70. The molecule has 0 unspecified atom stereocenters. The quantitative estimate of drug-likeness (QED) is 0.749. The van der Waals surface area contributed by atoms with Crippen molar-refractivity contribution in [2.24, 2.45) is 0 Å². The lowest BCUT2D eigenvalue weighted by atomic mass is 10.0. The van der Waals surface area contributed by atoms with Gasteiger partial charge in [0, 0.05) is 26.2 Å². The molecule has 3 rings (SSSR count). The molecule has 1 atom stereocenters. The summed E-state index contributed by atoms with van der Waals surface area (Å²) < 4.78 is 5.45. The summed E-state index contributed by atoms with van der Waals surface area (Å²) in [6, 6.07) is 17.8. The summed E-state index contributed by atoms with van der Waals surface area (Å²) in [7, 11) is 0. The highest BCUT2D eigenvalue weighted by molar-refractivity contribution is 6.35. The summed E-state index contributed by atoms with van der Waals surface area (Å²) >= 11 is 0. The van der Waals surface area contributed by atoms with Gasteiger partial charge in [-0.2, -0.15) is 0 Å². The lowest BCUT2D eigenvalue weighted by molar-refractivity contribution is -0.139. The second kappa shape index (κ2) is 10.0. The van der Waals surface area contributed by atoms with Crippen molar-refractivity contribution in [3.8, 4) is 0 Å². The number of amides is 2. The number of rotatable bonds is 6. The smallest absolute Gasteiger partial charge is 0.309 e. The van der Waals surface area contributed by atoms with Crippen molar-refractivity contribution < 1.29 is 14.3 Å². The van der Waals surface area contributed by atoms with Crippen molar-refractivity contribution in [2.75, 3.05) is 32.8 Å². The largest absolute Gasteiger partial charge is 0.379 e. The highest BCUT2D eigenvalue weighted by atomic mass is 16.5. The van der Waals surface area contributed by atoms with Gasteiger partial charge in [0.15, 0.2) is 0 Å². The second-order valence-corrected chi connectivity index (χ2v) is 6.95. The molecule has 1 heterocycles. The average Bonchev–Trinajstić information content (AvgIpc) is 2.74. The minimum Gasteiger partial charge on any atom is -0.379 e. The molecule has 0 bridgehead atoms. The van der Waals surface area contributed by atoms with E-state index in [0.717, 1.165) is 24.2 Å². The van der Waals surface area contributed by atoms with Crippen molar-refractivity contribution in [3.63, 3.8) is 0 Å². The summed E-state index contributed by atoms with van der Waals surface area (Å²) in [4.78, 5) is 26.7. The number of nitrogens with one attached hydrogen (secondary N) is 2. The van der Waals surface area contributed by atoms with E-state index in [9.17, 15) is 9.59 Å². The van der Waals surface area contributed by atoms with E-state index in [-0.39, 0.29) is 6.04 Å². The molecule has 6 heteroatoms. The van der Waals surface area contributed by atoms with Gasteiger partial charge in [0.1, 0.15) is 0 Å². The van der Waals surface area contributed by atoms with E-state index in [4.69, 9.17) is 4.74 Å². The number of carbonyl (C=O) groups is 2. The molecule has 2 N–H and O–H groups in total. The number of morpholine rings is 1. The maximum absolute atomic E-state index is 12.3. The van der Waals surface area contributed by atoms with Gasteiger partial charge in [-0.3, -0.25) is 14.5 Å². The van der Waals surface area contributed by atoms with Gasteiger partial charge in [-0.05, 0) is 18.1 Å². The number of nitrogens with zero attached hydrogens (tertiary/aromatic N) is 1. The fourth-order valence-electron chi connectivity index (χ4n) is 3.26.